The first-order chi connectivity index (χ1) is 9.28. The predicted molar refractivity (Wildman–Crippen MR) is 73.7 cm³/mol. The number of benzene rings is 1. The zero-order chi connectivity index (χ0) is 14.9. The highest BCUT2D eigenvalue weighted by Crippen LogP contribution is 2.10. The van der Waals surface area contributed by atoms with Crippen LogP contribution in [0.4, 0.5) is 0 Å². The van der Waals surface area contributed by atoms with Crippen molar-refractivity contribution in [1.29, 1.82) is 0 Å². The van der Waals surface area contributed by atoms with Crippen LogP contribution in [0.1, 0.15) is 5.56 Å². The summed E-state index contributed by atoms with van der Waals surface area (Å²) in [7, 11) is -3.64. The lowest BCUT2D eigenvalue weighted by Crippen LogP contribution is -2.35. The van der Waals surface area contributed by atoms with E-state index >= 15 is 0 Å². The molecular weight excluding hydrogens is 282 g/mol. The predicted octanol–water partition coefficient (Wildman–Crippen LogP) is -0.219. The van der Waals surface area contributed by atoms with E-state index in [1.807, 2.05) is 13.0 Å². The highest BCUT2D eigenvalue weighted by Gasteiger charge is 2.12. The topological polar surface area (TPSA) is 98.1 Å². The molecule has 0 saturated carbocycles. The monoisotopic (exact) mass is 295 g/mol. The average Bonchev–Trinajstić information content (AvgIpc) is 2.31. The summed E-state index contributed by atoms with van der Waals surface area (Å²) in [6.45, 7) is 1.43. The van der Waals surface area contributed by atoms with Crippen LogP contribution < -0.4 is 10.3 Å². The Morgan fingerprint density at radius 3 is 2.75 bits per heavy atom. The van der Waals surface area contributed by atoms with Crippen molar-refractivity contribution in [3.63, 3.8) is 0 Å². The summed E-state index contributed by atoms with van der Waals surface area (Å²) < 4.78 is 24.7. The van der Waals surface area contributed by atoms with Crippen molar-refractivity contribution < 1.29 is 13.2 Å². The molecule has 2 rings (SSSR count). The Kier molecular flexibility index (Phi) is 3.58. The number of aryl methyl sites for hydroxylation is 1. The van der Waals surface area contributed by atoms with E-state index in [2.05, 4.69) is 4.98 Å². The van der Waals surface area contributed by atoms with Crippen molar-refractivity contribution in [3.8, 4) is 0 Å². The van der Waals surface area contributed by atoms with Gasteiger partial charge in [0.15, 0.2) is 0 Å². The molecule has 0 unspecified atom stereocenters. The number of nitrogens with one attached hydrogen (secondary N) is 1. The smallest absolute Gasteiger partial charge is 0.261 e. The summed E-state index contributed by atoms with van der Waals surface area (Å²) in [5, 5.41) is 0.389. The Morgan fingerprint density at radius 1 is 1.40 bits per heavy atom. The van der Waals surface area contributed by atoms with E-state index in [1.54, 1.807) is 16.9 Å². The van der Waals surface area contributed by atoms with Gasteiger partial charge in [-0.05, 0) is 18.6 Å². The van der Waals surface area contributed by atoms with Crippen LogP contribution in [0.2, 0.25) is 0 Å². The lowest BCUT2D eigenvalue weighted by Gasteiger charge is -2.07. The maximum absolute atomic E-state index is 12.2. The van der Waals surface area contributed by atoms with Gasteiger partial charge in [-0.3, -0.25) is 18.9 Å². The normalized spacial score (nSPS) is 11.5. The average molecular weight is 295 g/mol. The third-order valence-corrected chi connectivity index (χ3v) is 3.27. The van der Waals surface area contributed by atoms with E-state index in [1.165, 1.54) is 6.33 Å². The van der Waals surface area contributed by atoms with Gasteiger partial charge in [0.2, 0.25) is 10.0 Å². The SMILES string of the molecule is Cc1cccc2c(=O)n(CC(=O)NS(C)(=O)=O)cnc12. The molecule has 106 valence electrons. The Bertz CT molecular complexity index is 839. The van der Waals surface area contributed by atoms with Crippen LogP contribution in [-0.2, 0) is 21.4 Å². The Hall–Kier alpha value is -2.22. The van der Waals surface area contributed by atoms with Gasteiger partial charge in [0.05, 0.1) is 23.5 Å². The number of rotatable bonds is 3. The van der Waals surface area contributed by atoms with Gasteiger partial charge in [0, 0.05) is 0 Å². The Labute approximate surface area is 115 Å². The van der Waals surface area contributed by atoms with Gasteiger partial charge < -0.3 is 0 Å². The highest BCUT2D eigenvalue weighted by molar-refractivity contribution is 7.89. The van der Waals surface area contributed by atoms with E-state index in [0.717, 1.165) is 16.4 Å². The van der Waals surface area contributed by atoms with Crippen molar-refractivity contribution in [2.24, 2.45) is 0 Å². The van der Waals surface area contributed by atoms with Gasteiger partial charge >= 0.3 is 0 Å². The van der Waals surface area contributed by atoms with Crippen molar-refractivity contribution in [1.82, 2.24) is 14.3 Å². The third-order valence-electron chi connectivity index (χ3n) is 2.67. The highest BCUT2D eigenvalue weighted by atomic mass is 32.2. The molecule has 1 amide bonds. The molecule has 20 heavy (non-hydrogen) atoms. The van der Waals surface area contributed by atoms with Crippen LogP contribution >= 0.6 is 0 Å². The minimum absolute atomic E-state index is 0.387. The standard InChI is InChI=1S/C12H13N3O4S/c1-8-4-3-5-9-11(8)13-7-15(12(9)17)6-10(16)14-20(2,18)19/h3-5,7H,6H2,1-2H3,(H,14,16). The molecule has 7 nitrogen and oxygen atoms in total. The Balaban J connectivity index is 2.40. The lowest BCUT2D eigenvalue weighted by molar-refractivity contribution is -0.119. The molecular formula is C12H13N3O4S. The first-order valence-corrected chi connectivity index (χ1v) is 7.62. The molecule has 0 spiro atoms. The molecule has 0 aliphatic heterocycles. The van der Waals surface area contributed by atoms with Gasteiger partial charge in [0.25, 0.3) is 11.5 Å². The molecule has 0 atom stereocenters. The van der Waals surface area contributed by atoms with Gasteiger partial charge in [-0.15, -0.1) is 0 Å². The second-order valence-electron chi connectivity index (χ2n) is 4.45. The summed E-state index contributed by atoms with van der Waals surface area (Å²) >= 11 is 0. The van der Waals surface area contributed by atoms with Gasteiger partial charge in [-0.25, -0.2) is 13.4 Å². The van der Waals surface area contributed by atoms with Crippen LogP contribution in [-0.4, -0.2) is 30.1 Å². The molecule has 0 saturated heterocycles. The van der Waals surface area contributed by atoms with Gasteiger partial charge in [-0.2, -0.15) is 0 Å². The van der Waals surface area contributed by atoms with Crippen molar-refractivity contribution in [2.45, 2.75) is 13.5 Å². The molecule has 1 N–H and O–H groups in total. The minimum Gasteiger partial charge on any atom is -0.289 e. The second kappa shape index (κ2) is 5.04. The molecule has 8 heteroatoms. The van der Waals surface area contributed by atoms with Crippen LogP contribution in [0.15, 0.2) is 29.3 Å². The second-order valence-corrected chi connectivity index (χ2v) is 6.19. The first kappa shape index (κ1) is 14.2. The lowest BCUT2D eigenvalue weighted by atomic mass is 10.1. The number of aromatic nitrogens is 2. The third kappa shape index (κ3) is 3.02. The molecule has 1 heterocycles. The van der Waals surface area contributed by atoms with Crippen LogP contribution in [0, 0.1) is 6.92 Å². The zero-order valence-corrected chi connectivity index (χ0v) is 11.8. The van der Waals surface area contributed by atoms with Gasteiger partial charge in [-0.1, -0.05) is 12.1 Å². The molecule has 0 bridgehead atoms. The number of amides is 1. The summed E-state index contributed by atoms with van der Waals surface area (Å²) in [5.74, 6) is -0.789. The number of carbonyl (C=O) groups excluding carboxylic acids is 1. The van der Waals surface area contributed by atoms with E-state index in [4.69, 9.17) is 0 Å². The van der Waals surface area contributed by atoms with Crippen LogP contribution in [0.3, 0.4) is 0 Å². The van der Waals surface area contributed by atoms with Crippen LogP contribution in [0.5, 0.6) is 0 Å². The minimum atomic E-state index is -3.64. The number of nitrogens with zero attached hydrogens (tertiary/aromatic N) is 2. The zero-order valence-electron chi connectivity index (χ0n) is 11.0. The fraction of sp³-hybridized carbons (Fsp3) is 0.250. The summed E-state index contributed by atoms with van der Waals surface area (Å²) in [6, 6.07) is 5.17. The summed E-state index contributed by atoms with van der Waals surface area (Å²) in [4.78, 5) is 27.8. The number of carbonyl (C=O) groups is 1. The fourth-order valence-electron chi connectivity index (χ4n) is 1.84. The maximum atomic E-state index is 12.2. The number of sulfonamides is 1. The molecule has 0 aliphatic carbocycles. The van der Waals surface area contributed by atoms with Crippen LogP contribution in [0.25, 0.3) is 10.9 Å². The van der Waals surface area contributed by atoms with Crippen molar-refractivity contribution in [3.05, 3.63) is 40.4 Å². The summed E-state index contributed by atoms with van der Waals surface area (Å²) in [6.07, 6.45) is 2.11. The molecule has 2 aromatic rings. The summed E-state index contributed by atoms with van der Waals surface area (Å²) in [5.41, 5.74) is 1.03. The molecule has 0 aliphatic rings. The van der Waals surface area contributed by atoms with Crippen molar-refractivity contribution >= 4 is 26.8 Å². The largest absolute Gasteiger partial charge is 0.289 e. The van der Waals surface area contributed by atoms with Crippen molar-refractivity contribution in [2.75, 3.05) is 6.26 Å². The Morgan fingerprint density at radius 2 is 2.10 bits per heavy atom. The first-order valence-electron chi connectivity index (χ1n) is 5.73. The van der Waals surface area contributed by atoms with Gasteiger partial charge in [0.1, 0.15) is 6.54 Å². The molecule has 0 fully saturated rings. The quantitative estimate of drug-likeness (QED) is 0.844. The number of hydrogen-bond acceptors (Lipinski definition) is 5. The molecule has 1 aromatic heterocycles. The molecule has 1 aromatic carbocycles. The molecule has 0 radical (unpaired) electrons. The van der Waals surface area contributed by atoms with E-state index in [0.29, 0.717) is 10.9 Å². The fourth-order valence-corrected chi connectivity index (χ4v) is 2.32. The number of para-hydroxylation sites is 1. The van der Waals surface area contributed by atoms with E-state index in [9.17, 15) is 18.0 Å². The van der Waals surface area contributed by atoms with E-state index < -0.39 is 22.5 Å². The maximum Gasteiger partial charge on any atom is 0.261 e. The van der Waals surface area contributed by atoms with E-state index in [-0.39, 0.29) is 5.56 Å². The number of hydrogen-bond donors (Lipinski definition) is 1. The number of fused-ring (bicyclic) bond motifs is 1.